The molecule has 1 aromatic heterocycles. The van der Waals surface area contributed by atoms with Crippen molar-refractivity contribution in [3.8, 4) is 11.4 Å². The van der Waals surface area contributed by atoms with Crippen molar-refractivity contribution in [1.82, 2.24) is 15.2 Å². The number of anilines is 1. The lowest BCUT2D eigenvalue weighted by Gasteiger charge is -2.28. The second-order valence-electron chi connectivity index (χ2n) is 5.03. The summed E-state index contributed by atoms with van der Waals surface area (Å²) >= 11 is 0. The molecule has 5 nitrogen and oxygen atoms in total. The number of hydrogen-bond acceptors (Lipinski definition) is 4. The van der Waals surface area contributed by atoms with Crippen LogP contribution in [-0.4, -0.2) is 34.3 Å². The summed E-state index contributed by atoms with van der Waals surface area (Å²) in [6.07, 6.45) is 1.65. The first-order chi connectivity index (χ1) is 10.1. The molecule has 8 heteroatoms. The van der Waals surface area contributed by atoms with Crippen molar-refractivity contribution in [2.45, 2.75) is 18.9 Å². The Labute approximate surface area is 119 Å². The third-order valence-corrected chi connectivity index (χ3v) is 3.59. The zero-order valence-electron chi connectivity index (χ0n) is 11.1. The molecule has 112 valence electrons. The molecule has 0 amide bonds. The van der Waals surface area contributed by atoms with Crippen LogP contribution in [0.2, 0.25) is 0 Å². The fourth-order valence-electron chi connectivity index (χ4n) is 2.32. The quantitative estimate of drug-likeness (QED) is 0.829. The van der Waals surface area contributed by atoms with Crippen molar-refractivity contribution in [3.05, 3.63) is 29.6 Å². The summed E-state index contributed by atoms with van der Waals surface area (Å²) < 4.78 is 39.9. The zero-order valence-corrected chi connectivity index (χ0v) is 11.1. The Kier molecular flexibility index (Phi) is 3.54. The number of H-pyrrole nitrogens is 1. The van der Waals surface area contributed by atoms with Gasteiger partial charge in [-0.3, -0.25) is 5.10 Å². The highest BCUT2D eigenvalue weighted by Crippen LogP contribution is 2.25. The van der Waals surface area contributed by atoms with Gasteiger partial charge in [0.15, 0.2) is 23.3 Å². The van der Waals surface area contributed by atoms with Crippen molar-refractivity contribution < 1.29 is 13.2 Å². The number of nitrogens with two attached hydrogens (primary N) is 1. The van der Waals surface area contributed by atoms with Crippen LogP contribution in [0.15, 0.2) is 12.1 Å². The Balaban J connectivity index is 1.87. The fraction of sp³-hybridized carbons (Fsp3) is 0.385. The average molecular weight is 297 g/mol. The molecule has 0 spiro atoms. The minimum Gasteiger partial charge on any atom is -0.339 e. The molecular weight excluding hydrogens is 283 g/mol. The molecule has 0 saturated carbocycles. The second-order valence-corrected chi connectivity index (χ2v) is 5.03. The van der Waals surface area contributed by atoms with Gasteiger partial charge in [-0.25, -0.2) is 13.2 Å². The van der Waals surface area contributed by atoms with Crippen molar-refractivity contribution >= 4 is 5.95 Å². The first-order valence-electron chi connectivity index (χ1n) is 6.63. The lowest BCUT2D eigenvalue weighted by atomic mass is 10.1. The van der Waals surface area contributed by atoms with Gasteiger partial charge in [-0.15, -0.1) is 5.10 Å². The maximum Gasteiger partial charge on any atom is 0.245 e. The molecular formula is C13H14F3N5. The summed E-state index contributed by atoms with van der Waals surface area (Å²) in [5.41, 5.74) is 5.67. The molecule has 0 aliphatic carbocycles. The fourth-order valence-corrected chi connectivity index (χ4v) is 2.32. The summed E-state index contributed by atoms with van der Waals surface area (Å²) in [6, 6.07) is 2.16. The number of halogens is 3. The van der Waals surface area contributed by atoms with E-state index in [1.165, 1.54) is 0 Å². The highest BCUT2D eigenvalue weighted by molar-refractivity contribution is 5.57. The number of nitrogens with one attached hydrogen (secondary N) is 1. The first-order valence-corrected chi connectivity index (χ1v) is 6.63. The molecule has 2 heterocycles. The van der Waals surface area contributed by atoms with Crippen molar-refractivity contribution in [2.75, 3.05) is 18.0 Å². The van der Waals surface area contributed by atoms with Gasteiger partial charge in [0, 0.05) is 19.1 Å². The normalized spacial score (nSPS) is 16.5. The number of rotatable bonds is 2. The summed E-state index contributed by atoms with van der Waals surface area (Å²) in [5.74, 6) is -3.56. The van der Waals surface area contributed by atoms with Gasteiger partial charge < -0.3 is 10.6 Å². The number of hydrogen-bond donors (Lipinski definition) is 2. The van der Waals surface area contributed by atoms with E-state index >= 15 is 0 Å². The molecule has 0 bridgehead atoms. The second kappa shape index (κ2) is 5.36. The standard InChI is InChI=1S/C13H14F3N5/c14-9-2-1-8(10(15)11(9)16)12-18-13(20-19-12)21-5-3-7(17)4-6-21/h1-2,7H,3-6,17H2,(H,18,19,20). The maximum atomic E-state index is 13.7. The SMILES string of the molecule is NC1CCN(c2n[nH]c(-c3ccc(F)c(F)c3F)n2)CC1. The van der Waals surface area contributed by atoms with Crippen molar-refractivity contribution in [2.24, 2.45) is 5.73 Å². The van der Waals surface area contributed by atoms with Crippen LogP contribution in [0.4, 0.5) is 19.1 Å². The van der Waals surface area contributed by atoms with E-state index in [1.54, 1.807) is 0 Å². The predicted octanol–water partition coefficient (Wildman–Crippen LogP) is 1.82. The highest BCUT2D eigenvalue weighted by Gasteiger charge is 2.22. The van der Waals surface area contributed by atoms with E-state index in [2.05, 4.69) is 15.2 Å². The number of aromatic amines is 1. The Hall–Kier alpha value is -2.09. The van der Waals surface area contributed by atoms with Gasteiger partial charge >= 0.3 is 0 Å². The van der Waals surface area contributed by atoms with Crippen molar-refractivity contribution in [1.29, 1.82) is 0 Å². The van der Waals surface area contributed by atoms with Gasteiger partial charge in [-0.05, 0) is 25.0 Å². The van der Waals surface area contributed by atoms with Gasteiger partial charge in [0.1, 0.15) is 0 Å². The van der Waals surface area contributed by atoms with Gasteiger partial charge in [0.25, 0.3) is 0 Å². The van der Waals surface area contributed by atoms with E-state index in [1.807, 2.05) is 4.90 Å². The maximum absolute atomic E-state index is 13.7. The zero-order chi connectivity index (χ0) is 15.0. The molecule has 1 aliphatic heterocycles. The molecule has 0 atom stereocenters. The first kappa shape index (κ1) is 13.9. The van der Waals surface area contributed by atoms with Crippen LogP contribution in [0, 0.1) is 17.5 Å². The Morgan fingerprint density at radius 1 is 1.14 bits per heavy atom. The molecule has 0 radical (unpaired) electrons. The van der Waals surface area contributed by atoms with Crippen LogP contribution >= 0.6 is 0 Å². The lowest BCUT2D eigenvalue weighted by Crippen LogP contribution is -2.40. The van der Waals surface area contributed by atoms with E-state index < -0.39 is 17.5 Å². The number of aromatic nitrogens is 3. The van der Waals surface area contributed by atoms with E-state index in [9.17, 15) is 13.2 Å². The summed E-state index contributed by atoms with van der Waals surface area (Å²) in [5, 5.41) is 6.56. The molecule has 2 aromatic rings. The van der Waals surface area contributed by atoms with Crippen LogP contribution in [0.3, 0.4) is 0 Å². The molecule has 0 unspecified atom stereocenters. The minimum absolute atomic E-state index is 0.0660. The van der Waals surface area contributed by atoms with Crippen LogP contribution in [0.5, 0.6) is 0 Å². The predicted molar refractivity (Wildman–Crippen MR) is 71.1 cm³/mol. The van der Waals surface area contributed by atoms with E-state index in [0.717, 1.165) is 25.0 Å². The Morgan fingerprint density at radius 3 is 2.57 bits per heavy atom. The summed E-state index contributed by atoms with van der Waals surface area (Å²) in [4.78, 5) is 6.07. The van der Waals surface area contributed by atoms with Crippen LogP contribution in [0.1, 0.15) is 12.8 Å². The van der Waals surface area contributed by atoms with Gasteiger partial charge in [-0.1, -0.05) is 0 Å². The van der Waals surface area contributed by atoms with Gasteiger partial charge in [0.2, 0.25) is 5.95 Å². The molecule has 1 aliphatic rings. The number of nitrogens with zero attached hydrogens (tertiary/aromatic N) is 3. The van der Waals surface area contributed by atoms with E-state index in [-0.39, 0.29) is 17.4 Å². The van der Waals surface area contributed by atoms with Crippen LogP contribution in [-0.2, 0) is 0 Å². The summed E-state index contributed by atoms with van der Waals surface area (Å²) in [6.45, 7) is 1.41. The van der Waals surface area contributed by atoms with E-state index in [0.29, 0.717) is 19.0 Å². The Bertz CT molecular complexity index is 649. The van der Waals surface area contributed by atoms with Crippen LogP contribution < -0.4 is 10.6 Å². The molecule has 3 rings (SSSR count). The number of benzene rings is 1. The minimum atomic E-state index is -1.52. The average Bonchev–Trinajstić information content (AvgIpc) is 2.95. The third kappa shape index (κ3) is 2.58. The molecule has 1 fully saturated rings. The largest absolute Gasteiger partial charge is 0.339 e. The lowest BCUT2D eigenvalue weighted by molar-refractivity contribution is 0.448. The molecule has 21 heavy (non-hydrogen) atoms. The van der Waals surface area contributed by atoms with Crippen molar-refractivity contribution in [3.63, 3.8) is 0 Å². The van der Waals surface area contributed by atoms with Crippen LogP contribution in [0.25, 0.3) is 11.4 Å². The smallest absolute Gasteiger partial charge is 0.245 e. The topological polar surface area (TPSA) is 70.8 Å². The molecule has 3 N–H and O–H groups in total. The summed E-state index contributed by atoms with van der Waals surface area (Å²) in [7, 11) is 0. The monoisotopic (exact) mass is 297 g/mol. The van der Waals surface area contributed by atoms with E-state index in [4.69, 9.17) is 5.73 Å². The number of piperidine rings is 1. The highest BCUT2D eigenvalue weighted by atomic mass is 19.2. The molecule has 1 saturated heterocycles. The third-order valence-electron chi connectivity index (χ3n) is 3.59. The van der Waals surface area contributed by atoms with Gasteiger partial charge in [-0.2, -0.15) is 4.98 Å². The Morgan fingerprint density at radius 2 is 1.86 bits per heavy atom. The van der Waals surface area contributed by atoms with Gasteiger partial charge in [0.05, 0.1) is 5.56 Å². The molecule has 1 aromatic carbocycles.